The van der Waals surface area contributed by atoms with Crippen molar-refractivity contribution in [3.63, 3.8) is 0 Å². The van der Waals surface area contributed by atoms with Gasteiger partial charge in [0.25, 0.3) is 0 Å². The van der Waals surface area contributed by atoms with Crippen molar-refractivity contribution >= 4 is 11.0 Å². The summed E-state index contributed by atoms with van der Waals surface area (Å²) in [5.74, 6) is -0.162. The predicted molar refractivity (Wildman–Crippen MR) is 110 cm³/mol. The van der Waals surface area contributed by atoms with Crippen LogP contribution in [-0.2, 0) is 13.2 Å². The first-order chi connectivity index (χ1) is 15.2. The fourth-order valence-electron chi connectivity index (χ4n) is 3.86. The van der Waals surface area contributed by atoms with Crippen molar-refractivity contribution in [1.29, 1.82) is 5.26 Å². The summed E-state index contributed by atoms with van der Waals surface area (Å²) in [7, 11) is 1.65. The van der Waals surface area contributed by atoms with E-state index >= 15 is 0 Å². The zero-order valence-corrected chi connectivity index (χ0v) is 17.3. The lowest BCUT2D eigenvalue weighted by atomic mass is 9.91. The maximum Gasteiger partial charge on any atom is 0.419 e. The Kier molecular flexibility index (Phi) is 5.77. The number of rotatable bonds is 5. The number of aryl methyl sites for hydroxylation is 1. The van der Waals surface area contributed by atoms with Gasteiger partial charge in [-0.2, -0.15) is 18.4 Å². The molecule has 0 bridgehead atoms. The second-order valence-electron chi connectivity index (χ2n) is 7.87. The highest BCUT2D eigenvalue weighted by Gasteiger charge is 2.36. The van der Waals surface area contributed by atoms with Crippen molar-refractivity contribution < 1.29 is 22.3 Å². The van der Waals surface area contributed by atoms with Crippen molar-refractivity contribution in [2.24, 2.45) is 7.05 Å². The molecule has 0 atom stereocenters. The first-order valence-electron chi connectivity index (χ1n) is 10.2. The van der Waals surface area contributed by atoms with Crippen LogP contribution in [0.1, 0.15) is 30.7 Å². The summed E-state index contributed by atoms with van der Waals surface area (Å²) in [6.07, 6.45) is -2.57. The predicted octanol–water partition coefficient (Wildman–Crippen LogP) is 4.39. The van der Waals surface area contributed by atoms with Gasteiger partial charge in [-0.15, -0.1) is 0 Å². The van der Waals surface area contributed by atoms with E-state index in [1.54, 1.807) is 17.7 Å². The minimum Gasteiger partial charge on any atom is -0.493 e. The normalized spacial score (nSPS) is 16.1. The number of pyridine rings is 1. The monoisotopic (exact) mass is 447 g/mol. The molecule has 1 saturated heterocycles. The number of alkyl halides is 4. The zero-order chi connectivity index (χ0) is 22.9. The van der Waals surface area contributed by atoms with E-state index in [9.17, 15) is 17.6 Å². The largest absolute Gasteiger partial charge is 0.493 e. The number of aromatic nitrogens is 3. The van der Waals surface area contributed by atoms with Crippen LogP contribution in [0.4, 0.5) is 17.6 Å². The third-order valence-corrected chi connectivity index (χ3v) is 5.76. The SMILES string of the molecule is Cn1c(C#N)nc2cnc(-c3ccc(OCCC4(F)CCNCC4)c(C(F)(F)F)c3)cc21. The number of hydrogen-bond acceptors (Lipinski definition) is 5. The molecule has 1 N–H and O–H groups in total. The van der Waals surface area contributed by atoms with E-state index in [0.29, 0.717) is 42.7 Å². The van der Waals surface area contributed by atoms with E-state index in [1.165, 1.54) is 18.3 Å². The van der Waals surface area contributed by atoms with E-state index in [-0.39, 0.29) is 30.2 Å². The number of nitrogens with one attached hydrogen (secondary N) is 1. The number of hydrogen-bond donors (Lipinski definition) is 1. The number of benzene rings is 1. The molecule has 10 heteroatoms. The van der Waals surface area contributed by atoms with Crippen molar-refractivity contribution in [2.75, 3.05) is 19.7 Å². The molecular formula is C22H21F4N5O. The first-order valence-corrected chi connectivity index (χ1v) is 10.2. The van der Waals surface area contributed by atoms with E-state index in [4.69, 9.17) is 10.00 Å². The molecule has 0 spiro atoms. The highest BCUT2D eigenvalue weighted by Crippen LogP contribution is 2.39. The van der Waals surface area contributed by atoms with Gasteiger partial charge in [-0.3, -0.25) is 4.98 Å². The Hall–Kier alpha value is -3.19. The molecule has 1 aliphatic heterocycles. The Balaban J connectivity index is 1.60. The molecule has 0 amide bonds. The Bertz CT molecular complexity index is 1180. The van der Waals surface area contributed by atoms with Crippen LogP contribution >= 0.6 is 0 Å². The minimum absolute atomic E-state index is 0.0354. The Morgan fingerprint density at radius 3 is 2.69 bits per heavy atom. The molecule has 0 aliphatic carbocycles. The van der Waals surface area contributed by atoms with Crippen LogP contribution in [0.25, 0.3) is 22.3 Å². The van der Waals surface area contributed by atoms with Crippen LogP contribution in [0.2, 0.25) is 0 Å². The lowest BCUT2D eigenvalue weighted by molar-refractivity contribution is -0.139. The average Bonchev–Trinajstić information content (AvgIpc) is 3.09. The highest BCUT2D eigenvalue weighted by molar-refractivity contribution is 5.80. The first kappa shape index (κ1) is 22.0. The molecule has 0 saturated carbocycles. The van der Waals surface area contributed by atoms with Gasteiger partial charge in [0.1, 0.15) is 23.0 Å². The Labute approximate surface area is 181 Å². The number of halogens is 4. The summed E-state index contributed by atoms with van der Waals surface area (Å²) in [4.78, 5) is 8.32. The number of imidazole rings is 1. The van der Waals surface area contributed by atoms with Crippen LogP contribution in [-0.4, -0.2) is 39.9 Å². The fraction of sp³-hybridized carbons (Fsp3) is 0.409. The summed E-state index contributed by atoms with van der Waals surface area (Å²) >= 11 is 0. The van der Waals surface area contributed by atoms with Crippen LogP contribution in [0.3, 0.4) is 0 Å². The third kappa shape index (κ3) is 4.39. The van der Waals surface area contributed by atoms with Gasteiger partial charge >= 0.3 is 6.18 Å². The number of ether oxygens (including phenoxy) is 1. The molecule has 0 unspecified atom stereocenters. The molecule has 1 aliphatic rings. The number of nitrogens with zero attached hydrogens (tertiary/aromatic N) is 4. The smallest absolute Gasteiger partial charge is 0.419 e. The quantitative estimate of drug-likeness (QED) is 0.588. The van der Waals surface area contributed by atoms with Crippen molar-refractivity contribution in [3.05, 3.63) is 41.9 Å². The van der Waals surface area contributed by atoms with Gasteiger partial charge in [0.2, 0.25) is 5.82 Å². The molecule has 6 nitrogen and oxygen atoms in total. The Morgan fingerprint density at radius 1 is 1.25 bits per heavy atom. The summed E-state index contributed by atoms with van der Waals surface area (Å²) in [6, 6.07) is 7.23. The topological polar surface area (TPSA) is 75.8 Å². The molecule has 32 heavy (non-hydrogen) atoms. The van der Waals surface area contributed by atoms with Crippen LogP contribution in [0, 0.1) is 11.3 Å². The van der Waals surface area contributed by atoms with E-state index in [2.05, 4.69) is 15.3 Å². The lowest BCUT2D eigenvalue weighted by Gasteiger charge is -2.30. The molecular weight excluding hydrogens is 426 g/mol. The van der Waals surface area contributed by atoms with Gasteiger partial charge in [-0.25, -0.2) is 9.37 Å². The molecule has 0 radical (unpaired) electrons. The Morgan fingerprint density at radius 2 is 2.00 bits per heavy atom. The summed E-state index contributed by atoms with van der Waals surface area (Å²) in [6.45, 7) is 0.945. The molecule has 168 valence electrons. The van der Waals surface area contributed by atoms with Crippen molar-refractivity contribution in [1.82, 2.24) is 19.9 Å². The van der Waals surface area contributed by atoms with Gasteiger partial charge in [-0.05, 0) is 50.2 Å². The maximum atomic E-state index is 14.7. The van der Waals surface area contributed by atoms with Crippen molar-refractivity contribution in [2.45, 2.75) is 31.1 Å². The standard InChI is InChI=1S/C22H21F4N5O/c1-31-18-11-16(29-13-17(18)30-20(31)12-27)14-2-3-19(15(10-14)22(24,25)26)32-9-6-21(23)4-7-28-8-5-21/h2-3,10-11,13,28H,4-9H2,1H3. The number of piperidine rings is 1. The second kappa shape index (κ2) is 8.39. The average molecular weight is 447 g/mol. The van der Waals surface area contributed by atoms with E-state index < -0.39 is 17.4 Å². The summed E-state index contributed by atoms with van der Waals surface area (Å²) < 4.78 is 62.8. The molecule has 1 aromatic carbocycles. The van der Waals surface area contributed by atoms with Gasteiger partial charge < -0.3 is 14.6 Å². The zero-order valence-electron chi connectivity index (χ0n) is 17.3. The molecule has 3 heterocycles. The van der Waals surface area contributed by atoms with E-state index in [1.807, 2.05) is 6.07 Å². The molecule has 4 rings (SSSR count). The van der Waals surface area contributed by atoms with Gasteiger partial charge in [0.15, 0.2) is 0 Å². The second-order valence-corrected chi connectivity index (χ2v) is 7.87. The molecule has 1 fully saturated rings. The van der Waals surface area contributed by atoms with Gasteiger partial charge in [0.05, 0.1) is 29.6 Å². The van der Waals surface area contributed by atoms with Gasteiger partial charge in [-0.1, -0.05) is 0 Å². The van der Waals surface area contributed by atoms with Crippen molar-refractivity contribution in [3.8, 4) is 23.1 Å². The van der Waals surface area contributed by atoms with Crippen LogP contribution < -0.4 is 10.1 Å². The molecule has 2 aromatic heterocycles. The minimum atomic E-state index is -4.65. The fourth-order valence-corrected chi connectivity index (χ4v) is 3.86. The van der Waals surface area contributed by atoms with Crippen LogP contribution in [0.15, 0.2) is 30.5 Å². The third-order valence-electron chi connectivity index (χ3n) is 5.76. The van der Waals surface area contributed by atoms with Crippen LogP contribution in [0.5, 0.6) is 5.75 Å². The molecule has 3 aromatic rings. The lowest BCUT2D eigenvalue weighted by Crippen LogP contribution is -2.39. The van der Waals surface area contributed by atoms with E-state index in [0.717, 1.165) is 6.07 Å². The highest BCUT2D eigenvalue weighted by atomic mass is 19.4. The number of fused-ring (bicyclic) bond motifs is 1. The summed E-state index contributed by atoms with van der Waals surface area (Å²) in [5, 5.41) is 12.2. The number of nitriles is 1. The maximum absolute atomic E-state index is 14.7. The van der Waals surface area contributed by atoms with Gasteiger partial charge in [0, 0.05) is 19.0 Å². The summed E-state index contributed by atoms with van der Waals surface area (Å²) in [5.41, 5.74) is -0.768.